The Morgan fingerprint density at radius 3 is 2.78 bits per heavy atom. The van der Waals surface area contributed by atoms with E-state index in [-0.39, 0.29) is 5.91 Å². The molecule has 0 radical (unpaired) electrons. The van der Waals surface area contributed by atoms with Crippen LogP contribution in [-0.2, 0) is 11.4 Å². The topological polar surface area (TPSA) is 54.8 Å². The molecule has 0 bridgehead atoms. The first-order valence-electron chi connectivity index (χ1n) is 9.18. The van der Waals surface area contributed by atoms with Gasteiger partial charge < -0.3 is 9.64 Å². The Balaban J connectivity index is 1.48. The van der Waals surface area contributed by atoms with Gasteiger partial charge in [-0.1, -0.05) is 24.3 Å². The summed E-state index contributed by atoms with van der Waals surface area (Å²) in [4.78, 5) is 23.6. The normalized spacial score (nSPS) is 18.7. The molecule has 5 nitrogen and oxygen atoms in total. The molecule has 0 N–H and O–H groups in total. The molecule has 0 saturated carbocycles. The lowest BCUT2D eigenvalue weighted by Gasteiger charge is -2.27. The zero-order chi connectivity index (χ0) is 18.5. The van der Waals surface area contributed by atoms with E-state index in [9.17, 15) is 4.79 Å². The number of amidine groups is 1. The average Bonchev–Trinajstić information content (AvgIpc) is 3.09. The molecule has 0 atom stereocenters. The third kappa shape index (κ3) is 4.39. The minimum atomic E-state index is -0.164. The summed E-state index contributed by atoms with van der Waals surface area (Å²) in [6, 6.07) is 11.6. The Kier molecular flexibility index (Phi) is 5.53. The van der Waals surface area contributed by atoms with Gasteiger partial charge in [-0.2, -0.15) is 4.99 Å². The number of amides is 1. The van der Waals surface area contributed by atoms with Crippen LogP contribution < -0.4 is 4.74 Å². The van der Waals surface area contributed by atoms with Crippen molar-refractivity contribution >= 4 is 28.9 Å². The lowest BCUT2D eigenvalue weighted by molar-refractivity contribution is -0.113. The van der Waals surface area contributed by atoms with Gasteiger partial charge >= 0.3 is 0 Å². The number of carbonyl (C=O) groups excluding carboxylic acids is 1. The lowest BCUT2D eigenvalue weighted by Crippen LogP contribution is -2.33. The summed E-state index contributed by atoms with van der Waals surface area (Å²) in [5, 5.41) is 0.833. The van der Waals surface area contributed by atoms with Gasteiger partial charge in [0, 0.05) is 36.6 Å². The molecule has 0 aliphatic carbocycles. The molecule has 1 aromatic carbocycles. The van der Waals surface area contributed by atoms with Crippen molar-refractivity contribution in [2.45, 2.75) is 25.9 Å². The monoisotopic (exact) mass is 379 g/mol. The highest BCUT2D eigenvalue weighted by Gasteiger charge is 2.27. The van der Waals surface area contributed by atoms with Crippen LogP contribution in [0.15, 0.2) is 58.7 Å². The van der Waals surface area contributed by atoms with Gasteiger partial charge in [0.1, 0.15) is 12.4 Å². The number of para-hydroxylation sites is 1. The first-order valence-corrected chi connectivity index (χ1v) is 9.99. The maximum atomic E-state index is 12.4. The number of thioether (sulfide) groups is 1. The quantitative estimate of drug-likeness (QED) is 0.748. The molecule has 1 amide bonds. The Labute approximate surface area is 163 Å². The molecule has 138 valence electrons. The van der Waals surface area contributed by atoms with E-state index >= 15 is 0 Å². The summed E-state index contributed by atoms with van der Waals surface area (Å²) >= 11 is 1.47. The number of ether oxygens (including phenoxy) is 1. The smallest absolute Gasteiger partial charge is 0.286 e. The number of pyridine rings is 1. The van der Waals surface area contributed by atoms with Crippen LogP contribution in [0.4, 0.5) is 0 Å². The molecule has 4 rings (SSSR count). The van der Waals surface area contributed by atoms with Crippen molar-refractivity contribution in [1.82, 2.24) is 9.88 Å². The van der Waals surface area contributed by atoms with E-state index in [0.29, 0.717) is 11.5 Å². The standard InChI is InChI=1S/C21H21N3O2S/c25-20-19(27-21(23-20)24-11-4-1-5-12-24)13-17-8-2-3-9-18(17)26-15-16-7-6-10-22-14-16/h2-3,6-10,13-14H,1,4-5,11-12,15H2. The number of hydrogen-bond donors (Lipinski definition) is 0. The van der Waals surface area contributed by atoms with Crippen LogP contribution in [0.3, 0.4) is 0 Å². The largest absolute Gasteiger partial charge is 0.488 e. The number of likely N-dealkylation sites (tertiary alicyclic amines) is 1. The number of aliphatic imine (C=N–C) groups is 1. The van der Waals surface area contributed by atoms with Crippen LogP contribution in [0.2, 0.25) is 0 Å². The predicted molar refractivity (Wildman–Crippen MR) is 108 cm³/mol. The molecule has 6 heteroatoms. The first kappa shape index (κ1) is 17.8. The second-order valence-electron chi connectivity index (χ2n) is 6.55. The average molecular weight is 379 g/mol. The summed E-state index contributed by atoms with van der Waals surface area (Å²) < 4.78 is 5.96. The Hall–Kier alpha value is -2.60. The summed E-state index contributed by atoms with van der Waals surface area (Å²) in [5.74, 6) is 0.580. The molecule has 2 aliphatic heterocycles. The fraction of sp³-hybridized carbons (Fsp3) is 0.286. The second kappa shape index (κ2) is 8.39. The van der Waals surface area contributed by atoms with E-state index in [4.69, 9.17) is 4.74 Å². The highest BCUT2D eigenvalue weighted by Crippen LogP contribution is 2.33. The molecule has 0 spiro atoms. The number of hydrogen-bond acceptors (Lipinski definition) is 5. The molecule has 1 aromatic heterocycles. The van der Waals surface area contributed by atoms with Crippen molar-refractivity contribution in [3.8, 4) is 5.75 Å². The van der Waals surface area contributed by atoms with Crippen molar-refractivity contribution in [3.05, 3.63) is 64.8 Å². The van der Waals surface area contributed by atoms with Crippen LogP contribution >= 0.6 is 11.8 Å². The zero-order valence-corrected chi connectivity index (χ0v) is 15.8. The number of rotatable bonds is 4. The van der Waals surface area contributed by atoms with Crippen LogP contribution in [-0.4, -0.2) is 34.0 Å². The van der Waals surface area contributed by atoms with E-state index < -0.39 is 0 Å². The zero-order valence-electron chi connectivity index (χ0n) is 15.0. The van der Waals surface area contributed by atoms with E-state index in [1.807, 2.05) is 42.5 Å². The number of piperidine rings is 1. The van der Waals surface area contributed by atoms with E-state index in [1.54, 1.807) is 12.4 Å². The van der Waals surface area contributed by atoms with Crippen molar-refractivity contribution in [3.63, 3.8) is 0 Å². The van der Waals surface area contributed by atoms with Crippen molar-refractivity contribution in [2.75, 3.05) is 13.1 Å². The Morgan fingerprint density at radius 2 is 1.96 bits per heavy atom. The minimum Gasteiger partial charge on any atom is -0.488 e. The highest BCUT2D eigenvalue weighted by atomic mass is 32.2. The maximum absolute atomic E-state index is 12.4. The molecule has 1 saturated heterocycles. The lowest BCUT2D eigenvalue weighted by atomic mass is 10.1. The SMILES string of the molecule is O=C1N=C(N2CCCCC2)SC1=Cc1ccccc1OCc1cccnc1. The molecule has 0 unspecified atom stereocenters. The van der Waals surface area contributed by atoms with Gasteiger partial charge in [0.15, 0.2) is 5.17 Å². The van der Waals surface area contributed by atoms with Gasteiger partial charge in [-0.3, -0.25) is 9.78 Å². The summed E-state index contributed by atoms with van der Waals surface area (Å²) in [7, 11) is 0. The number of aromatic nitrogens is 1. The third-order valence-corrected chi connectivity index (χ3v) is 5.60. The molecule has 2 aromatic rings. The fourth-order valence-electron chi connectivity index (χ4n) is 3.14. The molecular formula is C21H21N3O2S. The van der Waals surface area contributed by atoms with E-state index in [2.05, 4.69) is 14.9 Å². The molecule has 27 heavy (non-hydrogen) atoms. The van der Waals surface area contributed by atoms with Crippen molar-refractivity contribution in [2.24, 2.45) is 4.99 Å². The molecular weight excluding hydrogens is 358 g/mol. The highest BCUT2D eigenvalue weighted by molar-refractivity contribution is 8.18. The minimum absolute atomic E-state index is 0.164. The third-order valence-electron chi connectivity index (χ3n) is 4.56. The summed E-state index contributed by atoms with van der Waals surface area (Å²) in [5.41, 5.74) is 1.88. The van der Waals surface area contributed by atoms with Gasteiger partial charge in [0.2, 0.25) is 0 Å². The number of nitrogens with zero attached hydrogens (tertiary/aromatic N) is 3. The first-order chi connectivity index (χ1) is 13.3. The number of benzene rings is 1. The van der Waals surface area contributed by atoms with Crippen molar-refractivity contribution < 1.29 is 9.53 Å². The number of carbonyl (C=O) groups is 1. The predicted octanol–water partition coefficient (Wildman–Crippen LogP) is 4.12. The van der Waals surface area contributed by atoms with Crippen molar-refractivity contribution in [1.29, 1.82) is 0 Å². The van der Waals surface area contributed by atoms with Gasteiger partial charge in [0.25, 0.3) is 5.91 Å². The van der Waals surface area contributed by atoms with Gasteiger partial charge in [-0.15, -0.1) is 0 Å². The molecule has 3 heterocycles. The fourth-order valence-corrected chi connectivity index (χ4v) is 4.09. The Morgan fingerprint density at radius 1 is 1.11 bits per heavy atom. The second-order valence-corrected chi connectivity index (χ2v) is 7.55. The maximum Gasteiger partial charge on any atom is 0.286 e. The molecule has 1 fully saturated rings. The summed E-state index contributed by atoms with van der Waals surface area (Å²) in [6.45, 7) is 2.40. The van der Waals surface area contributed by atoms with Gasteiger partial charge in [-0.05, 0) is 49.2 Å². The van der Waals surface area contributed by atoms with Gasteiger partial charge in [-0.25, -0.2) is 0 Å². The Bertz CT molecular complexity index is 874. The van der Waals surface area contributed by atoms with Crippen LogP contribution in [0, 0.1) is 0 Å². The van der Waals surface area contributed by atoms with Crippen LogP contribution in [0.5, 0.6) is 5.75 Å². The van der Waals surface area contributed by atoms with Crippen LogP contribution in [0.25, 0.3) is 6.08 Å². The van der Waals surface area contributed by atoms with E-state index in [1.165, 1.54) is 18.2 Å². The van der Waals surface area contributed by atoms with Gasteiger partial charge in [0.05, 0.1) is 4.91 Å². The van der Waals surface area contributed by atoms with Crippen LogP contribution in [0.1, 0.15) is 30.4 Å². The summed E-state index contributed by atoms with van der Waals surface area (Å²) in [6.07, 6.45) is 9.00. The van der Waals surface area contributed by atoms with E-state index in [0.717, 1.165) is 48.0 Å². The molecule has 2 aliphatic rings.